The lowest BCUT2D eigenvalue weighted by Crippen LogP contribution is -2.27. The van der Waals surface area contributed by atoms with Crippen LogP contribution in [-0.4, -0.2) is 30.5 Å². The first kappa shape index (κ1) is 20.9. The summed E-state index contributed by atoms with van der Waals surface area (Å²) in [6.45, 7) is 1.57. The maximum absolute atomic E-state index is 12.7. The van der Waals surface area contributed by atoms with Gasteiger partial charge in [-0.1, -0.05) is 35.3 Å². The van der Waals surface area contributed by atoms with Gasteiger partial charge < -0.3 is 10.1 Å². The van der Waals surface area contributed by atoms with Crippen molar-refractivity contribution in [2.24, 2.45) is 0 Å². The Morgan fingerprint density at radius 3 is 2.48 bits per heavy atom. The van der Waals surface area contributed by atoms with Crippen LogP contribution in [0.5, 0.6) is 5.75 Å². The van der Waals surface area contributed by atoms with Gasteiger partial charge in [0.2, 0.25) is 0 Å². The van der Waals surface area contributed by atoms with Crippen LogP contribution in [-0.2, 0) is 9.63 Å². The van der Waals surface area contributed by atoms with Crippen molar-refractivity contribution in [2.45, 2.75) is 6.92 Å². The number of amides is 2. The smallest absolute Gasteiger partial charge is 0.281 e. The second-order valence-electron chi connectivity index (χ2n) is 6.04. The Morgan fingerprint density at radius 2 is 1.79 bits per heavy atom. The van der Waals surface area contributed by atoms with Gasteiger partial charge in [0.15, 0.2) is 6.61 Å². The van der Waals surface area contributed by atoms with E-state index in [0.717, 1.165) is 5.56 Å². The number of carbonyl (C=O) groups is 2. The molecular weight excluding hydrogens is 417 g/mol. The number of hydrogen-bond acceptors (Lipinski definition) is 5. The molecule has 0 atom stereocenters. The van der Waals surface area contributed by atoms with Crippen molar-refractivity contribution in [1.82, 2.24) is 10.5 Å². The third-order valence-corrected chi connectivity index (χ3v) is 4.66. The van der Waals surface area contributed by atoms with Crippen LogP contribution in [0.3, 0.4) is 0 Å². The molecule has 0 aliphatic heterocycles. The lowest BCUT2D eigenvalue weighted by Gasteiger charge is -2.14. The van der Waals surface area contributed by atoms with E-state index in [1.165, 1.54) is 7.11 Å². The monoisotopic (exact) mass is 433 g/mol. The highest BCUT2D eigenvalue weighted by molar-refractivity contribution is 6.40. The number of carbonyl (C=O) groups excluding carboxylic acids is 2. The number of hydroxylamine groups is 1. The van der Waals surface area contributed by atoms with Crippen LogP contribution in [0, 0.1) is 6.92 Å². The van der Waals surface area contributed by atoms with Crippen molar-refractivity contribution in [2.75, 3.05) is 19.0 Å². The zero-order valence-corrected chi connectivity index (χ0v) is 17.1. The molecule has 0 spiro atoms. The maximum atomic E-state index is 12.7. The predicted octanol–water partition coefficient (Wildman–Crippen LogP) is 4.16. The van der Waals surface area contributed by atoms with E-state index in [4.69, 9.17) is 27.9 Å². The molecule has 0 saturated heterocycles. The predicted molar refractivity (Wildman–Crippen MR) is 112 cm³/mol. The first-order chi connectivity index (χ1) is 13.9. The molecule has 0 aliphatic rings. The molecule has 1 heterocycles. The minimum Gasteiger partial charge on any atom is -0.483 e. The zero-order chi connectivity index (χ0) is 21.0. The molecule has 7 nitrogen and oxygen atoms in total. The Balaban J connectivity index is 1.95. The van der Waals surface area contributed by atoms with Gasteiger partial charge in [-0.15, -0.1) is 0 Å². The van der Waals surface area contributed by atoms with Crippen LogP contribution in [0.1, 0.15) is 15.9 Å². The molecule has 0 saturated carbocycles. The van der Waals surface area contributed by atoms with E-state index in [9.17, 15) is 9.59 Å². The molecule has 9 heteroatoms. The van der Waals surface area contributed by atoms with Crippen LogP contribution >= 0.6 is 23.2 Å². The Bertz CT molecular complexity index is 1070. The van der Waals surface area contributed by atoms with Gasteiger partial charge in [0.25, 0.3) is 11.8 Å². The topological polar surface area (TPSA) is 89.6 Å². The van der Waals surface area contributed by atoms with Crippen molar-refractivity contribution in [3.63, 3.8) is 0 Å². The second kappa shape index (κ2) is 9.09. The van der Waals surface area contributed by atoms with Crippen molar-refractivity contribution in [3.8, 4) is 5.75 Å². The van der Waals surface area contributed by atoms with Gasteiger partial charge in [-0.2, -0.15) is 0 Å². The van der Waals surface area contributed by atoms with E-state index in [1.54, 1.807) is 42.6 Å². The van der Waals surface area contributed by atoms with Crippen LogP contribution in [0.25, 0.3) is 10.9 Å². The molecule has 0 fully saturated rings. The van der Waals surface area contributed by atoms with Gasteiger partial charge in [0.1, 0.15) is 5.75 Å². The Kier molecular flexibility index (Phi) is 6.53. The largest absolute Gasteiger partial charge is 0.483 e. The summed E-state index contributed by atoms with van der Waals surface area (Å²) in [7, 11) is 1.34. The molecule has 0 bridgehead atoms. The lowest BCUT2D eigenvalue weighted by atomic mass is 10.1. The first-order valence-electron chi connectivity index (χ1n) is 8.50. The summed E-state index contributed by atoms with van der Waals surface area (Å²) in [6, 6.07) is 10.1. The molecule has 150 valence electrons. The van der Waals surface area contributed by atoms with Crippen molar-refractivity contribution < 1.29 is 19.2 Å². The number of benzene rings is 2. The molecule has 1 aromatic heterocycles. The first-order valence-corrected chi connectivity index (χ1v) is 9.26. The number of aryl methyl sites for hydroxylation is 1. The Hall–Kier alpha value is -2.87. The molecular formula is C20H17Cl2N3O4. The highest BCUT2D eigenvalue weighted by atomic mass is 35.5. The second-order valence-corrected chi connectivity index (χ2v) is 6.86. The Morgan fingerprint density at radius 1 is 1.10 bits per heavy atom. The quantitative estimate of drug-likeness (QED) is 0.569. The number of ether oxygens (including phenoxy) is 1. The summed E-state index contributed by atoms with van der Waals surface area (Å²) < 4.78 is 5.66. The summed E-state index contributed by atoms with van der Waals surface area (Å²) in [6.07, 6.45) is 1.60. The summed E-state index contributed by atoms with van der Waals surface area (Å²) in [5.41, 5.74) is 4.05. The van der Waals surface area contributed by atoms with E-state index in [1.807, 2.05) is 6.92 Å². The zero-order valence-electron chi connectivity index (χ0n) is 15.6. The third-order valence-electron chi connectivity index (χ3n) is 4.03. The molecule has 2 N–H and O–H groups in total. The molecule has 29 heavy (non-hydrogen) atoms. The standard InChI is InChI=1S/C20H17Cl2N3O4/c1-11-9-23-18-12(19(11)29-10-16(26)25-28-2)5-3-8-15(18)24-20(27)17-13(21)6-4-7-14(17)22/h3-9H,10H2,1-2H3,(H,24,27)(H,25,26). The fraction of sp³-hybridized carbons (Fsp3) is 0.150. The number of nitrogens with zero attached hydrogens (tertiary/aromatic N) is 1. The van der Waals surface area contributed by atoms with Crippen molar-refractivity contribution in [3.05, 3.63) is 63.8 Å². The van der Waals surface area contributed by atoms with Gasteiger partial charge in [0.05, 0.1) is 33.9 Å². The number of pyridine rings is 1. The summed E-state index contributed by atoms with van der Waals surface area (Å²) >= 11 is 12.2. The van der Waals surface area contributed by atoms with Gasteiger partial charge in [-0.25, -0.2) is 5.48 Å². The number of rotatable bonds is 6. The highest BCUT2D eigenvalue weighted by Crippen LogP contribution is 2.33. The third kappa shape index (κ3) is 4.59. The normalized spacial score (nSPS) is 10.6. The number of aromatic nitrogens is 1. The molecule has 3 rings (SSSR count). The SMILES string of the molecule is CONC(=O)COc1c(C)cnc2c(NC(=O)c3c(Cl)cccc3Cl)cccc12. The summed E-state index contributed by atoms with van der Waals surface area (Å²) in [5, 5.41) is 3.91. The number of nitrogens with one attached hydrogen (secondary N) is 2. The van der Waals surface area contributed by atoms with Crippen LogP contribution < -0.4 is 15.5 Å². The maximum Gasteiger partial charge on any atom is 0.281 e. The molecule has 2 amide bonds. The van der Waals surface area contributed by atoms with E-state index in [-0.39, 0.29) is 22.2 Å². The van der Waals surface area contributed by atoms with E-state index >= 15 is 0 Å². The van der Waals surface area contributed by atoms with Gasteiger partial charge in [-0.05, 0) is 31.2 Å². The average Bonchev–Trinajstić information content (AvgIpc) is 2.67. The number of hydrogen-bond donors (Lipinski definition) is 2. The minimum atomic E-state index is -0.461. The molecule has 3 aromatic rings. The van der Waals surface area contributed by atoms with Crippen LogP contribution in [0.2, 0.25) is 10.0 Å². The van der Waals surface area contributed by atoms with Crippen molar-refractivity contribution >= 4 is 51.6 Å². The molecule has 0 radical (unpaired) electrons. The fourth-order valence-electron chi connectivity index (χ4n) is 2.77. The Labute approximate surface area is 176 Å². The van der Waals surface area contributed by atoms with E-state index in [2.05, 4.69) is 20.6 Å². The molecule has 0 aliphatic carbocycles. The van der Waals surface area contributed by atoms with E-state index in [0.29, 0.717) is 22.3 Å². The number of anilines is 1. The van der Waals surface area contributed by atoms with Gasteiger partial charge in [0, 0.05) is 17.1 Å². The van der Waals surface area contributed by atoms with Gasteiger partial charge in [-0.3, -0.25) is 19.4 Å². The lowest BCUT2D eigenvalue weighted by molar-refractivity contribution is -0.133. The minimum absolute atomic E-state index is 0.174. The van der Waals surface area contributed by atoms with Crippen molar-refractivity contribution in [1.29, 1.82) is 0 Å². The van der Waals surface area contributed by atoms with Gasteiger partial charge >= 0.3 is 0 Å². The highest BCUT2D eigenvalue weighted by Gasteiger charge is 2.17. The van der Waals surface area contributed by atoms with Crippen LogP contribution in [0.4, 0.5) is 5.69 Å². The number of fused-ring (bicyclic) bond motifs is 1. The summed E-state index contributed by atoms with van der Waals surface area (Å²) in [4.78, 5) is 33.4. The average molecular weight is 434 g/mol. The molecule has 2 aromatic carbocycles. The number of para-hydroxylation sites is 1. The van der Waals surface area contributed by atoms with E-state index < -0.39 is 11.8 Å². The number of halogens is 2. The van der Waals surface area contributed by atoms with Crippen LogP contribution in [0.15, 0.2) is 42.6 Å². The molecule has 0 unspecified atom stereocenters. The summed E-state index contributed by atoms with van der Waals surface area (Å²) in [5.74, 6) is -0.416. The fourth-order valence-corrected chi connectivity index (χ4v) is 3.34.